The quantitative estimate of drug-likeness (QED) is 0.256. The minimum absolute atomic E-state index is 0. The molecule has 0 aliphatic carbocycles. The Balaban J connectivity index is 0.00000280. The molecule has 0 radical (unpaired) electrons. The van der Waals surface area contributed by atoms with Crippen LogP contribution in [0.1, 0.15) is 52.9 Å². The van der Waals surface area contributed by atoms with E-state index in [0.717, 1.165) is 62.8 Å². The zero-order valence-electron chi connectivity index (χ0n) is 17.1. The van der Waals surface area contributed by atoms with Crippen molar-refractivity contribution in [2.75, 3.05) is 20.1 Å². The van der Waals surface area contributed by atoms with E-state index >= 15 is 0 Å². The topological polar surface area (TPSA) is 80.0 Å². The molecule has 1 aliphatic rings. The van der Waals surface area contributed by atoms with E-state index in [1.54, 1.807) is 11.3 Å². The first-order valence-electron chi connectivity index (χ1n) is 9.95. The minimum Gasteiger partial charge on any atom is -0.356 e. The van der Waals surface area contributed by atoms with E-state index in [4.69, 9.17) is 0 Å². The van der Waals surface area contributed by atoms with E-state index in [0.29, 0.717) is 0 Å². The third kappa shape index (κ3) is 6.40. The van der Waals surface area contributed by atoms with Crippen LogP contribution < -0.4 is 10.6 Å². The zero-order valence-corrected chi connectivity index (χ0v) is 20.3. The highest BCUT2D eigenvalue weighted by Gasteiger charge is 2.14. The molecule has 0 amide bonds. The van der Waals surface area contributed by atoms with Crippen molar-refractivity contribution < 1.29 is 0 Å². The normalized spacial score (nSPS) is 14.2. The molecule has 3 rings (SSSR count). The number of nitrogens with one attached hydrogen (secondary N) is 2. The van der Waals surface area contributed by atoms with Crippen molar-refractivity contribution in [3.63, 3.8) is 0 Å². The van der Waals surface area contributed by atoms with Crippen molar-refractivity contribution in [1.82, 2.24) is 30.4 Å². The highest BCUT2D eigenvalue weighted by molar-refractivity contribution is 14.0. The second-order valence-corrected chi connectivity index (χ2v) is 8.31. The SMILES string of the molecule is CN=C(NCCCc1nnc2n1CCCCC2)NCCc1nc(C)c(C)s1.I. The van der Waals surface area contributed by atoms with E-state index in [1.165, 1.54) is 35.0 Å². The Labute approximate surface area is 188 Å². The van der Waals surface area contributed by atoms with Gasteiger partial charge in [-0.1, -0.05) is 6.42 Å². The monoisotopic (exact) mass is 517 g/mol. The Bertz CT molecular complexity index is 749. The number of thiazole rings is 1. The third-order valence-corrected chi connectivity index (χ3v) is 6.12. The van der Waals surface area contributed by atoms with Crippen LogP contribution in [-0.2, 0) is 25.8 Å². The number of hydrogen-bond donors (Lipinski definition) is 2. The fourth-order valence-electron chi connectivity index (χ4n) is 3.34. The van der Waals surface area contributed by atoms with Crippen LogP contribution in [0.15, 0.2) is 4.99 Å². The molecule has 0 atom stereocenters. The lowest BCUT2D eigenvalue weighted by molar-refractivity contribution is 0.594. The molecule has 3 heterocycles. The molecule has 2 aromatic heterocycles. The molecule has 0 fully saturated rings. The van der Waals surface area contributed by atoms with Gasteiger partial charge < -0.3 is 15.2 Å². The molecule has 28 heavy (non-hydrogen) atoms. The van der Waals surface area contributed by atoms with Gasteiger partial charge in [-0.05, 0) is 33.1 Å². The molecule has 2 aromatic rings. The van der Waals surface area contributed by atoms with Crippen LogP contribution >= 0.6 is 35.3 Å². The summed E-state index contributed by atoms with van der Waals surface area (Å²) in [5, 5.41) is 16.7. The lowest BCUT2D eigenvalue weighted by Crippen LogP contribution is -2.38. The van der Waals surface area contributed by atoms with Crippen molar-refractivity contribution in [3.8, 4) is 0 Å². The Kier molecular flexibility index (Phi) is 9.63. The van der Waals surface area contributed by atoms with Crippen LogP contribution in [0.2, 0.25) is 0 Å². The fraction of sp³-hybridized carbons (Fsp3) is 0.684. The molecule has 0 saturated carbocycles. The number of fused-ring (bicyclic) bond motifs is 1. The summed E-state index contributed by atoms with van der Waals surface area (Å²) in [7, 11) is 1.81. The summed E-state index contributed by atoms with van der Waals surface area (Å²) >= 11 is 1.78. The first-order valence-corrected chi connectivity index (χ1v) is 10.8. The second kappa shape index (κ2) is 11.7. The molecule has 7 nitrogen and oxygen atoms in total. The van der Waals surface area contributed by atoms with Gasteiger partial charge in [-0.3, -0.25) is 4.99 Å². The predicted molar refractivity (Wildman–Crippen MR) is 126 cm³/mol. The maximum absolute atomic E-state index is 4.58. The number of aryl methyl sites for hydroxylation is 4. The smallest absolute Gasteiger partial charge is 0.190 e. The summed E-state index contributed by atoms with van der Waals surface area (Å²) in [5.41, 5.74) is 1.14. The van der Waals surface area contributed by atoms with Crippen LogP contribution in [0.3, 0.4) is 0 Å². The van der Waals surface area contributed by atoms with E-state index in [2.05, 4.69) is 49.2 Å². The molecule has 156 valence electrons. The third-order valence-electron chi connectivity index (χ3n) is 4.98. The lowest BCUT2D eigenvalue weighted by Gasteiger charge is -2.11. The summed E-state index contributed by atoms with van der Waals surface area (Å²) in [5.74, 6) is 3.15. The molecule has 2 N–H and O–H groups in total. The maximum atomic E-state index is 4.58. The van der Waals surface area contributed by atoms with Crippen LogP contribution in [0.4, 0.5) is 0 Å². The van der Waals surface area contributed by atoms with Gasteiger partial charge in [-0.15, -0.1) is 45.5 Å². The standard InChI is InChI=1S/C19H31N7S.HI/c1-14-15(2)27-18(23-14)10-12-22-19(20-3)21-11-7-9-17-25-24-16-8-5-4-6-13-26(16)17;/h4-13H2,1-3H3,(H2,20,21,22);1H. The minimum atomic E-state index is 0. The van der Waals surface area contributed by atoms with E-state index in [9.17, 15) is 0 Å². The van der Waals surface area contributed by atoms with Crippen molar-refractivity contribution in [3.05, 3.63) is 27.2 Å². The number of hydrogen-bond acceptors (Lipinski definition) is 5. The van der Waals surface area contributed by atoms with Crippen LogP contribution in [0.25, 0.3) is 0 Å². The van der Waals surface area contributed by atoms with Gasteiger partial charge in [0.15, 0.2) is 5.96 Å². The van der Waals surface area contributed by atoms with Gasteiger partial charge in [0, 0.05) is 50.8 Å². The molecule has 0 aromatic carbocycles. The van der Waals surface area contributed by atoms with Crippen molar-refractivity contribution >= 4 is 41.3 Å². The fourth-order valence-corrected chi connectivity index (χ4v) is 4.27. The average molecular weight is 517 g/mol. The molecule has 0 bridgehead atoms. The summed E-state index contributed by atoms with van der Waals surface area (Å²) in [4.78, 5) is 10.2. The van der Waals surface area contributed by atoms with Crippen LogP contribution in [0.5, 0.6) is 0 Å². The molecular weight excluding hydrogens is 485 g/mol. The number of rotatable bonds is 7. The van der Waals surface area contributed by atoms with Crippen molar-refractivity contribution in [2.24, 2.45) is 4.99 Å². The molecule has 1 aliphatic heterocycles. The van der Waals surface area contributed by atoms with E-state index < -0.39 is 0 Å². The molecule has 0 spiro atoms. The van der Waals surface area contributed by atoms with Gasteiger partial charge in [0.25, 0.3) is 0 Å². The second-order valence-electron chi connectivity index (χ2n) is 7.02. The Morgan fingerprint density at radius 1 is 1.11 bits per heavy atom. The first-order chi connectivity index (χ1) is 13.2. The Hall–Kier alpha value is -1.23. The van der Waals surface area contributed by atoms with Gasteiger partial charge >= 0.3 is 0 Å². The zero-order chi connectivity index (χ0) is 19.1. The molecule has 0 saturated heterocycles. The highest BCUT2D eigenvalue weighted by atomic mass is 127. The summed E-state index contributed by atoms with van der Waals surface area (Å²) in [6.07, 6.45) is 7.74. The number of aromatic nitrogens is 4. The van der Waals surface area contributed by atoms with Crippen molar-refractivity contribution in [1.29, 1.82) is 0 Å². The summed E-state index contributed by atoms with van der Waals surface area (Å²) in [6.45, 7) is 6.97. The van der Waals surface area contributed by atoms with Crippen LogP contribution in [-0.4, -0.2) is 45.8 Å². The Morgan fingerprint density at radius 3 is 2.68 bits per heavy atom. The summed E-state index contributed by atoms with van der Waals surface area (Å²) in [6, 6.07) is 0. The predicted octanol–water partition coefficient (Wildman–Crippen LogP) is 3.04. The van der Waals surface area contributed by atoms with E-state index in [-0.39, 0.29) is 24.0 Å². The van der Waals surface area contributed by atoms with Crippen LogP contribution in [0, 0.1) is 13.8 Å². The number of nitrogens with zero attached hydrogens (tertiary/aromatic N) is 5. The van der Waals surface area contributed by atoms with E-state index in [1.807, 2.05) is 7.05 Å². The van der Waals surface area contributed by atoms with Gasteiger partial charge in [-0.2, -0.15) is 0 Å². The van der Waals surface area contributed by atoms with Gasteiger partial charge in [-0.25, -0.2) is 4.98 Å². The molecule has 0 unspecified atom stereocenters. The Morgan fingerprint density at radius 2 is 1.93 bits per heavy atom. The lowest BCUT2D eigenvalue weighted by atomic mass is 10.2. The van der Waals surface area contributed by atoms with Gasteiger partial charge in [0.2, 0.25) is 0 Å². The molecule has 9 heteroatoms. The summed E-state index contributed by atoms with van der Waals surface area (Å²) < 4.78 is 2.33. The first kappa shape index (κ1) is 23.1. The maximum Gasteiger partial charge on any atom is 0.190 e. The number of aliphatic imine (C=N–C) groups is 1. The highest BCUT2D eigenvalue weighted by Crippen LogP contribution is 2.16. The van der Waals surface area contributed by atoms with Gasteiger partial charge in [0.05, 0.1) is 10.7 Å². The van der Waals surface area contributed by atoms with Gasteiger partial charge in [0.1, 0.15) is 11.6 Å². The average Bonchev–Trinajstić information content (AvgIpc) is 3.09. The largest absolute Gasteiger partial charge is 0.356 e. The van der Waals surface area contributed by atoms with Crippen molar-refractivity contribution in [2.45, 2.75) is 65.3 Å². The molecular formula is C19H32IN7S. The number of halogens is 1. The number of guanidine groups is 1.